The van der Waals surface area contributed by atoms with E-state index in [1.165, 1.54) is 0 Å². The standard InChI is InChI=1S/C24H27ClN4O3/c1-31-23(14-18-6-3-2-4-7-18)24(30)28-13-5-8-21(16-28)29-15-20(26-27-29)17-32-22-11-9-19(25)10-12-22/h2-4,6-7,9-12,15,21,23H,5,8,13-14,16-17H2,1H3. The molecule has 32 heavy (non-hydrogen) atoms. The molecule has 1 fully saturated rings. The van der Waals surface area contributed by atoms with Crippen molar-refractivity contribution in [3.8, 4) is 5.75 Å². The summed E-state index contributed by atoms with van der Waals surface area (Å²) in [5, 5.41) is 9.19. The van der Waals surface area contributed by atoms with Crippen LogP contribution in [0.1, 0.15) is 30.1 Å². The van der Waals surface area contributed by atoms with Gasteiger partial charge < -0.3 is 14.4 Å². The lowest BCUT2D eigenvalue weighted by Gasteiger charge is -2.34. The van der Waals surface area contributed by atoms with Gasteiger partial charge in [-0.15, -0.1) is 5.10 Å². The Morgan fingerprint density at radius 1 is 1.19 bits per heavy atom. The maximum atomic E-state index is 13.1. The molecule has 2 heterocycles. The minimum Gasteiger partial charge on any atom is -0.487 e. The molecule has 0 spiro atoms. The van der Waals surface area contributed by atoms with Crippen LogP contribution in [0.3, 0.4) is 0 Å². The number of hydrogen-bond acceptors (Lipinski definition) is 5. The van der Waals surface area contributed by atoms with Gasteiger partial charge in [0, 0.05) is 31.6 Å². The summed E-state index contributed by atoms with van der Waals surface area (Å²) in [6.45, 7) is 1.64. The van der Waals surface area contributed by atoms with E-state index in [-0.39, 0.29) is 11.9 Å². The second-order valence-corrected chi connectivity index (χ2v) is 8.36. The molecule has 1 amide bonds. The first-order chi connectivity index (χ1) is 15.6. The quantitative estimate of drug-likeness (QED) is 0.515. The van der Waals surface area contributed by atoms with Crippen LogP contribution in [-0.2, 0) is 22.6 Å². The maximum absolute atomic E-state index is 13.1. The maximum Gasteiger partial charge on any atom is 0.252 e. The van der Waals surface area contributed by atoms with Gasteiger partial charge in [0.25, 0.3) is 5.91 Å². The summed E-state index contributed by atoms with van der Waals surface area (Å²) in [7, 11) is 1.59. The van der Waals surface area contributed by atoms with E-state index < -0.39 is 6.10 Å². The lowest BCUT2D eigenvalue weighted by Crippen LogP contribution is -2.46. The van der Waals surface area contributed by atoms with E-state index in [1.54, 1.807) is 19.2 Å². The average Bonchev–Trinajstić information content (AvgIpc) is 3.32. The van der Waals surface area contributed by atoms with E-state index in [1.807, 2.05) is 58.2 Å². The normalized spacial score (nSPS) is 17.2. The Bertz CT molecular complexity index is 1010. The Morgan fingerprint density at radius 2 is 1.97 bits per heavy atom. The predicted molar refractivity (Wildman–Crippen MR) is 122 cm³/mol. The molecule has 1 aliphatic heterocycles. The Balaban J connectivity index is 1.35. The van der Waals surface area contributed by atoms with Gasteiger partial charge in [-0.1, -0.05) is 47.1 Å². The second kappa shape index (κ2) is 10.6. The fourth-order valence-corrected chi connectivity index (χ4v) is 4.05. The van der Waals surface area contributed by atoms with Gasteiger partial charge in [-0.3, -0.25) is 4.79 Å². The summed E-state index contributed by atoms with van der Waals surface area (Å²) >= 11 is 5.90. The minimum absolute atomic E-state index is 0.0208. The number of halogens is 1. The smallest absolute Gasteiger partial charge is 0.252 e. The highest BCUT2D eigenvalue weighted by Gasteiger charge is 2.30. The van der Waals surface area contributed by atoms with Gasteiger partial charge in [-0.25, -0.2) is 4.68 Å². The number of carbonyl (C=O) groups excluding carboxylic acids is 1. The first kappa shape index (κ1) is 22.3. The number of carbonyl (C=O) groups is 1. The van der Waals surface area contributed by atoms with Crippen LogP contribution in [0.4, 0.5) is 0 Å². The largest absolute Gasteiger partial charge is 0.487 e. The zero-order valence-electron chi connectivity index (χ0n) is 18.1. The Morgan fingerprint density at radius 3 is 2.72 bits per heavy atom. The molecule has 2 unspecified atom stereocenters. The molecule has 0 bridgehead atoms. The molecule has 1 aromatic heterocycles. The molecule has 3 aromatic rings. The Kier molecular flexibility index (Phi) is 7.39. The number of methoxy groups -OCH3 is 1. The van der Waals surface area contributed by atoms with E-state index in [9.17, 15) is 4.79 Å². The third-order valence-corrected chi connectivity index (χ3v) is 5.92. The molecular weight excluding hydrogens is 428 g/mol. The van der Waals surface area contributed by atoms with Crippen molar-refractivity contribution >= 4 is 17.5 Å². The van der Waals surface area contributed by atoms with Crippen molar-refractivity contribution in [1.29, 1.82) is 0 Å². The molecule has 0 saturated carbocycles. The highest BCUT2D eigenvalue weighted by molar-refractivity contribution is 6.30. The predicted octanol–water partition coefficient (Wildman–Crippen LogP) is 3.93. The number of hydrogen-bond donors (Lipinski definition) is 0. The van der Waals surface area contributed by atoms with Gasteiger partial charge in [-0.2, -0.15) is 0 Å². The van der Waals surface area contributed by atoms with Gasteiger partial charge in [0.1, 0.15) is 24.2 Å². The third kappa shape index (κ3) is 5.66. The number of rotatable bonds is 8. The average molecular weight is 455 g/mol. The Hall–Kier alpha value is -2.90. The van der Waals surface area contributed by atoms with Gasteiger partial charge in [0.2, 0.25) is 0 Å². The highest BCUT2D eigenvalue weighted by Crippen LogP contribution is 2.23. The molecule has 7 nitrogen and oxygen atoms in total. The number of ether oxygens (including phenoxy) is 2. The number of likely N-dealkylation sites (tertiary alicyclic amines) is 1. The van der Waals surface area contributed by atoms with Crippen LogP contribution in [0.15, 0.2) is 60.8 Å². The molecule has 0 N–H and O–H groups in total. The monoisotopic (exact) mass is 454 g/mol. The Labute approximate surface area is 192 Å². The van der Waals surface area contributed by atoms with E-state index >= 15 is 0 Å². The molecule has 1 aliphatic rings. The van der Waals surface area contributed by atoms with Crippen LogP contribution < -0.4 is 4.74 Å². The second-order valence-electron chi connectivity index (χ2n) is 7.93. The van der Waals surface area contributed by atoms with Crippen molar-refractivity contribution < 1.29 is 14.3 Å². The topological polar surface area (TPSA) is 69.5 Å². The van der Waals surface area contributed by atoms with Gasteiger partial charge >= 0.3 is 0 Å². The molecule has 0 radical (unpaired) electrons. The van der Waals surface area contributed by atoms with Crippen molar-refractivity contribution in [2.45, 2.75) is 38.0 Å². The van der Waals surface area contributed by atoms with E-state index in [0.29, 0.717) is 24.6 Å². The summed E-state index contributed by atoms with van der Waals surface area (Å²) in [6, 6.07) is 17.2. The van der Waals surface area contributed by atoms with Crippen molar-refractivity contribution in [2.75, 3.05) is 20.2 Å². The zero-order chi connectivity index (χ0) is 22.3. The van der Waals surface area contributed by atoms with Crippen molar-refractivity contribution in [1.82, 2.24) is 19.9 Å². The van der Waals surface area contributed by atoms with E-state index in [2.05, 4.69) is 10.3 Å². The molecule has 2 aromatic carbocycles. The van der Waals surface area contributed by atoms with Crippen LogP contribution in [-0.4, -0.2) is 52.1 Å². The number of amides is 1. The van der Waals surface area contributed by atoms with Crippen LogP contribution in [0.2, 0.25) is 5.02 Å². The van der Waals surface area contributed by atoms with Crippen LogP contribution in [0.25, 0.3) is 0 Å². The van der Waals surface area contributed by atoms with Crippen molar-refractivity contribution in [2.24, 2.45) is 0 Å². The van der Waals surface area contributed by atoms with Crippen LogP contribution in [0.5, 0.6) is 5.75 Å². The lowest BCUT2D eigenvalue weighted by molar-refractivity contribution is -0.143. The fourth-order valence-electron chi connectivity index (χ4n) is 3.92. The van der Waals surface area contributed by atoms with Gasteiger partial charge in [0.15, 0.2) is 0 Å². The fraction of sp³-hybridized carbons (Fsp3) is 0.375. The highest BCUT2D eigenvalue weighted by atomic mass is 35.5. The molecule has 2 atom stereocenters. The molecule has 168 valence electrons. The van der Waals surface area contributed by atoms with Crippen LogP contribution >= 0.6 is 11.6 Å². The summed E-state index contributed by atoms with van der Waals surface area (Å²) in [6.07, 6.45) is 3.82. The van der Waals surface area contributed by atoms with Crippen LogP contribution in [0, 0.1) is 0 Å². The first-order valence-electron chi connectivity index (χ1n) is 10.8. The summed E-state index contributed by atoms with van der Waals surface area (Å²) in [5.41, 5.74) is 1.82. The molecule has 4 rings (SSSR count). The zero-order valence-corrected chi connectivity index (χ0v) is 18.8. The third-order valence-electron chi connectivity index (χ3n) is 5.66. The number of nitrogens with zero attached hydrogens (tertiary/aromatic N) is 4. The number of piperidine rings is 1. The summed E-state index contributed by atoms with van der Waals surface area (Å²) < 4.78 is 13.1. The van der Waals surface area contributed by atoms with E-state index in [0.717, 1.165) is 36.4 Å². The lowest BCUT2D eigenvalue weighted by atomic mass is 10.0. The molecule has 0 aliphatic carbocycles. The van der Waals surface area contributed by atoms with Crippen molar-refractivity contribution in [3.05, 3.63) is 77.1 Å². The first-order valence-corrected chi connectivity index (χ1v) is 11.1. The summed E-state index contributed by atoms with van der Waals surface area (Å²) in [5.74, 6) is 0.745. The molecule has 8 heteroatoms. The van der Waals surface area contributed by atoms with Gasteiger partial charge in [-0.05, 0) is 42.7 Å². The number of aromatic nitrogens is 3. The summed E-state index contributed by atoms with van der Waals surface area (Å²) in [4.78, 5) is 15.0. The van der Waals surface area contributed by atoms with Crippen molar-refractivity contribution in [3.63, 3.8) is 0 Å². The molecule has 1 saturated heterocycles. The SMILES string of the molecule is COC(Cc1ccccc1)C(=O)N1CCCC(n2cc(COc3ccc(Cl)cc3)nn2)C1. The molecular formula is C24H27ClN4O3. The minimum atomic E-state index is -0.491. The van der Waals surface area contributed by atoms with E-state index in [4.69, 9.17) is 21.1 Å². The number of benzene rings is 2. The van der Waals surface area contributed by atoms with Gasteiger partial charge in [0.05, 0.1) is 12.2 Å².